The van der Waals surface area contributed by atoms with Crippen molar-refractivity contribution >= 4 is 11.9 Å². The van der Waals surface area contributed by atoms with Crippen molar-refractivity contribution in [2.24, 2.45) is 0 Å². The number of carbonyl (C=O) groups is 2. The fourth-order valence-corrected chi connectivity index (χ4v) is 1.53. The van der Waals surface area contributed by atoms with Crippen LogP contribution in [-0.4, -0.2) is 22.2 Å². The van der Waals surface area contributed by atoms with E-state index in [1.165, 1.54) is 37.8 Å². The molecule has 0 aliphatic heterocycles. The predicted molar refractivity (Wildman–Crippen MR) is 74.9 cm³/mol. The van der Waals surface area contributed by atoms with Crippen LogP contribution in [0.25, 0.3) is 0 Å². The monoisotopic (exact) mass is 266 g/mol. The Morgan fingerprint density at radius 1 is 0.895 bits per heavy atom. The van der Waals surface area contributed by atoms with Crippen molar-refractivity contribution in [3.05, 3.63) is 34.9 Å². The average molecular weight is 266 g/mol. The van der Waals surface area contributed by atoms with Crippen LogP contribution in [0.2, 0.25) is 0 Å². The summed E-state index contributed by atoms with van der Waals surface area (Å²) in [4.78, 5) is 21.1. The second kappa shape index (κ2) is 9.14. The molecule has 2 N–H and O–H groups in total. The van der Waals surface area contributed by atoms with Crippen LogP contribution in [0.5, 0.6) is 0 Å². The molecule has 0 bridgehead atoms. The Kier molecular flexibility index (Phi) is 8.25. The standard InChI is InChI=1S/C9H8O4.C6H14/c1-5-2-6(8(10)11)4-7(3-5)9(12)13;1-3-5-6-4-2/h2-4H,1H3,(H,10,11)(H,12,13);3-6H2,1-2H3. The second-order valence-corrected chi connectivity index (χ2v) is 4.41. The minimum Gasteiger partial charge on any atom is -0.478 e. The molecule has 0 amide bonds. The zero-order valence-corrected chi connectivity index (χ0v) is 11.8. The van der Waals surface area contributed by atoms with E-state index in [1.54, 1.807) is 6.92 Å². The average Bonchev–Trinajstić information content (AvgIpc) is 2.36. The highest BCUT2D eigenvalue weighted by atomic mass is 16.4. The summed E-state index contributed by atoms with van der Waals surface area (Å²) in [5.41, 5.74) is 0.618. The Morgan fingerprint density at radius 3 is 1.53 bits per heavy atom. The predicted octanol–water partition coefficient (Wildman–Crippen LogP) is 3.98. The van der Waals surface area contributed by atoms with Crippen LogP contribution in [0, 0.1) is 6.92 Å². The third-order valence-corrected chi connectivity index (χ3v) is 2.53. The molecule has 4 heteroatoms. The van der Waals surface area contributed by atoms with E-state index in [-0.39, 0.29) is 11.1 Å². The summed E-state index contributed by atoms with van der Waals surface area (Å²) in [6, 6.07) is 3.99. The Balaban J connectivity index is 0.000000459. The third-order valence-electron chi connectivity index (χ3n) is 2.53. The van der Waals surface area contributed by atoms with Gasteiger partial charge in [0.1, 0.15) is 0 Å². The summed E-state index contributed by atoms with van der Waals surface area (Å²) >= 11 is 0. The molecule has 0 aromatic heterocycles. The van der Waals surface area contributed by atoms with Crippen LogP contribution in [-0.2, 0) is 0 Å². The molecule has 19 heavy (non-hydrogen) atoms. The lowest BCUT2D eigenvalue weighted by molar-refractivity contribution is 0.0696. The number of carboxylic acids is 2. The molecule has 0 saturated heterocycles. The smallest absolute Gasteiger partial charge is 0.335 e. The number of rotatable bonds is 5. The van der Waals surface area contributed by atoms with Gasteiger partial charge in [-0.1, -0.05) is 39.5 Å². The summed E-state index contributed by atoms with van der Waals surface area (Å²) in [5.74, 6) is -2.24. The largest absolute Gasteiger partial charge is 0.478 e. The van der Waals surface area contributed by atoms with Gasteiger partial charge in [-0.05, 0) is 30.7 Å². The van der Waals surface area contributed by atoms with Crippen LogP contribution in [0.1, 0.15) is 65.8 Å². The van der Waals surface area contributed by atoms with E-state index >= 15 is 0 Å². The molecule has 1 aromatic rings. The van der Waals surface area contributed by atoms with E-state index in [4.69, 9.17) is 10.2 Å². The molecule has 0 fully saturated rings. The highest BCUT2D eigenvalue weighted by Crippen LogP contribution is 2.09. The molecular formula is C15H22O4. The highest BCUT2D eigenvalue weighted by Gasteiger charge is 2.09. The minimum absolute atomic E-state index is 0.00241. The Labute approximate surface area is 114 Å². The number of aryl methyl sites for hydroxylation is 1. The second-order valence-electron chi connectivity index (χ2n) is 4.41. The summed E-state index contributed by atoms with van der Waals surface area (Å²) < 4.78 is 0. The number of aromatic carboxylic acids is 2. The van der Waals surface area contributed by atoms with E-state index in [9.17, 15) is 9.59 Å². The van der Waals surface area contributed by atoms with Crippen molar-refractivity contribution in [3.8, 4) is 0 Å². The lowest BCUT2D eigenvalue weighted by Gasteiger charge is -1.99. The van der Waals surface area contributed by atoms with E-state index in [1.807, 2.05) is 0 Å². The maximum absolute atomic E-state index is 10.5. The Bertz CT molecular complexity index is 388. The van der Waals surface area contributed by atoms with Gasteiger partial charge in [-0.25, -0.2) is 9.59 Å². The van der Waals surface area contributed by atoms with E-state index in [0.29, 0.717) is 5.56 Å². The summed E-state index contributed by atoms with van der Waals surface area (Å²) in [5, 5.41) is 17.2. The molecule has 4 nitrogen and oxygen atoms in total. The van der Waals surface area contributed by atoms with Gasteiger partial charge in [0, 0.05) is 0 Å². The first-order valence-corrected chi connectivity index (χ1v) is 6.50. The van der Waals surface area contributed by atoms with Gasteiger partial charge in [0.25, 0.3) is 0 Å². The van der Waals surface area contributed by atoms with E-state index < -0.39 is 11.9 Å². The zero-order valence-electron chi connectivity index (χ0n) is 11.8. The molecule has 106 valence electrons. The van der Waals surface area contributed by atoms with Gasteiger partial charge < -0.3 is 10.2 Å². The molecule has 0 atom stereocenters. The normalized spacial score (nSPS) is 9.42. The first kappa shape index (κ1) is 17.2. The summed E-state index contributed by atoms with van der Waals surface area (Å²) in [6.07, 6.45) is 5.54. The molecule has 1 rings (SSSR count). The van der Waals surface area contributed by atoms with Crippen molar-refractivity contribution in [3.63, 3.8) is 0 Å². The number of carboxylic acid groups (broad SMARTS) is 2. The van der Waals surface area contributed by atoms with Gasteiger partial charge in [0.15, 0.2) is 0 Å². The van der Waals surface area contributed by atoms with Gasteiger partial charge in [-0.2, -0.15) is 0 Å². The topological polar surface area (TPSA) is 74.6 Å². The van der Waals surface area contributed by atoms with Crippen molar-refractivity contribution in [2.45, 2.75) is 46.5 Å². The maximum atomic E-state index is 10.5. The maximum Gasteiger partial charge on any atom is 0.335 e. The molecule has 0 saturated carbocycles. The quantitative estimate of drug-likeness (QED) is 0.790. The van der Waals surface area contributed by atoms with E-state index in [2.05, 4.69) is 13.8 Å². The fraction of sp³-hybridized carbons (Fsp3) is 0.467. The van der Waals surface area contributed by atoms with Gasteiger partial charge in [0.2, 0.25) is 0 Å². The van der Waals surface area contributed by atoms with Crippen LogP contribution < -0.4 is 0 Å². The summed E-state index contributed by atoms with van der Waals surface area (Å²) in [7, 11) is 0. The first-order chi connectivity index (χ1) is 8.92. The zero-order chi connectivity index (χ0) is 14.8. The number of benzene rings is 1. The third kappa shape index (κ3) is 7.24. The first-order valence-electron chi connectivity index (χ1n) is 6.50. The van der Waals surface area contributed by atoms with Crippen LogP contribution >= 0.6 is 0 Å². The minimum atomic E-state index is -1.12. The molecule has 0 aliphatic rings. The number of unbranched alkanes of at least 4 members (excludes halogenated alkanes) is 3. The number of hydrogen-bond acceptors (Lipinski definition) is 2. The molecular weight excluding hydrogens is 244 g/mol. The lowest BCUT2D eigenvalue weighted by atomic mass is 10.1. The van der Waals surface area contributed by atoms with E-state index in [0.717, 1.165) is 6.07 Å². The summed E-state index contributed by atoms with van der Waals surface area (Å²) in [6.45, 7) is 6.12. The van der Waals surface area contributed by atoms with Gasteiger partial charge in [0.05, 0.1) is 11.1 Å². The van der Waals surface area contributed by atoms with Crippen LogP contribution in [0.3, 0.4) is 0 Å². The van der Waals surface area contributed by atoms with Crippen molar-refractivity contribution in [2.75, 3.05) is 0 Å². The van der Waals surface area contributed by atoms with Crippen LogP contribution in [0.15, 0.2) is 18.2 Å². The SMILES string of the molecule is CCCCCC.Cc1cc(C(=O)O)cc(C(=O)O)c1. The molecule has 0 aliphatic carbocycles. The fourth-order valence-electron chi connectivity index (χ4n) is 1.53. The molecule has 0 spiro atoms. The van der Waals surface area contributed by atoms with Crippen molar-refractivity contribution in [1.82, 2.24) is 0 Å². The van der Waals surface area contributed by atoms with Crippen molar-refractivity contribution < 1.29 is 19.8 Å². The Morgan fingerprint density at radius 2 is 1.26 bits per heavy atom. The molecule has 0 radical (unpaired) electrons. The molecule has 1 aromatic carbocycles. The van der Waals surface area contributed by atoms with Crippen molar-refractivity contribution in [1.29, 1.82) is 0 Å². The highest BCUT2D eigenvalue weighted by molar-refractivity contribution is 5.94. The van der Waals surface area contributed by atoms with Gasteiger partial charge in [-0.15, -0.1) is 0 Å². The Hall–Kier alpha value is -1.84. The van der Waals surface area contributed by atoms with Gasteiger partial charge >= 0.3 is 11.9 Å². The molecule has 0 heterocycles. The molecule has 0 unspecified atom stereocenters. The lowest BCUT2D eigenvalue weighted by Crippen LogP contribution is -2.02. The van der Waals surface area contributed by atoms with Gasteiger partial charge in [-0.3, -0.25) is 0 Å². The van der Waals surface area contributed by atoms with Crippen LogP contribution in [0.4, 0.5) is 0 Å². The number of hydrogen-bond donors (Lipinski definition) is 2.